The van der Waals surface area contributed by atoms with Crippen LogP contribution in [0.2, 0.25) is 0 Å². The Balaban J connectivity index is 1.80. The Morgan fingerprint density at radius 2 is 1.55 bits per heavy atom. The van der Waals surface area contributed by atoms with Gasteiger partial charge in [-0.2, -0.15) is 0 Å². The van der Waals surface area contributed by atoms with E-state index in [0.29, 0.717) is 0 Å². The van der Waals surface area contributed by atoms with Crippen LogP contribution in [0, 0.1) is 0 Å². The molecule has 0 aliphatic carbocycles. The highest BCUT2D eigenvalue weighted by atomic mass is 79.9. The van der Waals surface area contributed by atoms with E-state index in [9.17, 15) is 0 Å². The summed E-state index contributed by atoms with van der Waals surface area (Å²) >= 11 is 3.65. The summed E-state index contributed by atoms with van der Waals surface area (Å²) in [6, 6.07) is 13.1. The molecule has 1 fully saturated rings. The average Bonchev–Trinajstić information content (AvgIpc) is 2.51. The van der Waals surface area contributed by atoms with E-state index in [1.54, 1.807) is 0 Å². The van der Waals surface area contributed by atoms with Gasteiger partial charge in [0.15, 0.2) is 0 Å². The Morgan fingerprint density at radius 1 is 0.900 bits per heavy atom. The van der Waals surface area contributed by atoms with Crippen molar-refractivity contribution in [1.29, 1.82) is 0 Å². The molecule has 1 saturated heterocycles. The monoisotopic (exact) mass is 332 g/mol. The molecule has 0 amide bonds. The van der Waals surface area contributed by atoms with Crippen LogP contribution in [0.15, 0.2) is 40.9 Å². The van der Waals surface area contributed by atoms with Crippen LogP contribution >= 0.6 is 15.9 Å². The number of hydrogen-bond acceptors (Lipinski definition) is 2. The quantitative estimate of drug-likeness (QED) is 0.844. The van der Waals surface area contributed by atoms with Crippen molar-refractivity contribution in [1.82, 2.24) is 9.80 Å². The number of piperazine rings is 1. The highest BCUT2D eigenvalue weighted by Crippen LogP contribution is 2.27. The van der Waals surface area contributed by atoms with Gasteiger partial charge in [-0.1, -0.05) is 53.2 Å². The first-order valence-electron chi connectivity index (χ1n) is 7.39. The van der Waals surface area contributed by atoms with Gasteiger partial charge in [-0.3, -0.25) is 4.90 Å². The fourth-order valence-electron chi connectivity index (χ4n) is 2.97. The van der Waals surface area contributed by atoms with Crippen LogP contribution in [-0.4, -0.2) is 42.5 Å². The number of fused-ring (bicyclic) bond motifs is 1. The Kier molecular flexibility index (Phi) is 4.39. The molecule has 3 heteroatoms. The lowest BCUT2D eigenvalue weighted by atomic mass is 10.0. The maximum atomic E-state index is 3.65. The maximum absolute atomic E-state index is 3.65. The van der Waals surface area contributed by atoms with Gasteiger partial charge in [0.2, 0.25) is 0 Å². The van der Waals surface area contributed by atoms with Gasteiger partial charge in [0.25, 0.3) is 0 Å². The maximum Gasteiger partial charge on any atom is 0.0253 e. The number of halogens is 1. The topological polar surface area (TPSA) is 6.48 Å². The molecular formula is C17H21BrN2. The average molecular weight is 333 g/mol. The minimum atomic E-state index is 1.06. The third-order valence-electron chi connectivity index (χ3n) is 4.27. The summed E-state index contributed by atoms with van der Waals surface area (Å²) in [5, 5.41) is 2.69. The summed E-state index contributed by atoms with van der Waals surface area (Å²) in [5.41, 5.74) is 1.44. The van der Waals surface area contributed by atoms with Gasteiger partial charge in [-0.05, 0) is 28.9 Å². The Hall–Kier alpha value is -0.900. The first-order chi connectivity index (χ1) is 9.78. The highest BCUT2D eigenvalue weighted by molar-refractivity contribution is 9.10. The molecule has 106 valence electrons. The largest absolute Gasteiger partial charge is 0.301 e. The van der Waals surface area contributed by atoms with Crippen molar-refractivity contribution in [2.75, 3.05) is 32.7 Å². The molecule has 0 saturated carbocycles. The SMILES string of the molecule is CCN1CCN(Cc2ccc(Br)c3ccccc23)CC1. The molecule has 0 aromatic heterocycles. The van der Waals surface area contributed by atoms with Crippen LogP contribution in [0.3, 0.4) is 0 Å². The van der Waals surface area contributed by atoms with Crippen molar-refractivity contribution in [2.45, 2.75) is 13.5 Å². The smallest absolute Gasteiger partial charge is 0.0253 e. The lowest BCUT2D eigenvalue weighted by molar-refractivity contribution is 0.132. The predicted octanol–water partition coefficient (Wildman–Crippen LogP) is 3.74. The van der Waals surface area contributed by atoms with E-state index < -0.39 is 0 Å². The zero-order chi connectivity index (χ0) is 13.9. The van der Waals surface area contributed by atoms with Gasteiger partial charge in [-0.15, -0.1) is 0 Å². The van der Waals surface area contributed by atoms with E-state index in [0.717, 1.165) is 6.54 Å². The molecule has 0 bridgehead atoms. The van der Waals surface area contributed by atoms with E-state index in [1.165, 1.54) is 53.5 Å². The van der Waals surface area contributed by atoms with Gasteiger partial charge < -0.3 is 4.90 Å². The summed E-state index contributed by atoms with van der Waals surface area (Å²) in [5.74, 6) is 0. The highest BCUT2D eigenvalue weighted by Gasteiger charge is 2.16. The van der Waals surface area contributed by atoms with Gasteiger partial charge in [0.1, 0.15) is 0 Å². The zero-order valence-electron chi connectivity index (χ0n) is 12.0. The van der Waals surface area contributed by atoms with Gasteiger partial charge >= 0.3 is 0 Å². The standard InChI is InChI=1S/C17H21BrN2/c1-2-19-9-11-20(12-10-19)13-14-7-8-17(18)16-6-4-3-5-15(14)16/h3-8H,2,9-13H2,1H3. The van der Waals surface area contributed by atoms with Crippen LogP contribution in [0.1, 0.15) is 12.5 Å². The molecule has 0 N–H and O–H groups in total. The van der Waals surface area contributed by atoms with Crippen molar-refractivity contribution >= 4 is 26.7 Å². The van der Waals surface area contributed by atoms with Crippen LogP contribution < -0.4 is 0 Å². The molecule has 20 heavy (non-hydrogen) atoms. The number of benzene rings is 2. The summed E-state index contributed by atoms with van der Waals surface area (Å²) in [6.45, 7) is 9.24. The zero-order valence-corrected chi connectivity index (χ0v) is 13.6. The minimum Gasteiger partial charge on any atom is -0.301 e. The molecule has 0 atom stereocenters. The molecule has 2 nitrogen and oxygen atoms in total. The second-order valence-corrected chi connectivity index (χ2v) is 6.32. The van der Waals surface area contributed by atoms with E-state index in [2.05, 4.69) is 69.1 Å². The summed E-state index contributed by atoms with van der Waals surface area (Å²) in [6.07, 6.45) is 0. The van der Waals surface area contributed by atoms with Crippen molar-refractivity contribution in [3.8, 4) is 0 Å². The van der Waals surface area contributed by atoms with Crippen LogP contribution in [-0.2, 0) is 6.54 Å². The van der Waals surface area contributed by atoms with E-state index in [1.807, 2.05) is 0 Å². The number of likely N-dealkylation sites (N-methyl/N-ethyl adjacent to an activating group) is 1. The third-order valence-corrected chi connectivity index (χ3v) is 4.96. The van der Waals surface area contributed by atoms with Crippen LogP contribution in [0.25, 0.3) is 10.8 Å². The Morgan fingerprint density at radius 3 is 2.25 bits per heavy atom. The van der Waals surface area contributed by atoms with Crippen molar-refractivity contribution in [3.63, 3.8) is 0 Å². The van der Waals surface area contributed by atoms with E-state index in [-0.39, 0.29) is 0 Å². The molecule has 2 aromatic rings. The van der Waals surface area contributed by atoms with Crippen molar-refractivity contribution in [2.24, 2.45) is 0 Å². The Labute approximate surface area is 129 Å². The molecule has 0 spiro atoms. The molecule has 1 aliphatic rings. The molecular weight excluding hydrogens is 312 g/mol. The van der Waals surface area contributed by atoms with Crippen molar-refractivity contribution in [3.05, 3.63) is 46.4 Å². The normalized spacial score (nSPS) is 17.7. The lowest BCUT2D eigenvalue weighted by Crippen LogP contribution is -2.45. The van der Waals surface area contributed by atoms with E-state index in [4.69, 9.17) is 0 Å². The molecule has 0 radical (unpaired) electrons. The first-order valence-corrected chi connectivity index (χ1v) is 8.18. The molecule has 3 rings (SSSR count). The summed E-state index contributed by atoms with van der Waals surface area (Å²) in [4.78, 5) is 5.10. The third kappa shape index (κ3) is 2.90. The molecule has 1 heterocycles. The first kappa shape index (κ1) is 14.1. The van der Waals surface area contributed by atoms with Crippen LogP contribution in [0.4, 0.5) is 0 Å². The van der Waals surface area contributed by atoms with Gasteiger partial charge in [-0.25, -0.2) is 0 Å². The minimum absolute atomic E-state index is 1.06. The number of rotatable bonds is 3. The lowest BCUT2D eigenvalue weighted by Gasteiger charge is -2.34. The second-order valence-electron chi connectivity index (χ2n) is 5.46. The summed E-state index contributed by atoms with van der Waals surface area (Å²) in [7, 11) is 0. The van der Waals surface area contributed by atoms with Crippen molar-refractivity contribution < 1.29 is 0 Å². The molecule has 2 aromatic carbocycles. The summed E-state index contributed by atoms with van der Waals surface area (Å²) < 4.78 is 1.19. The fourth-order valence-corrected chi connectivity index (χ4v) is 3.45. The fraction of sp³-hybridized carbons (Fsp3) is 0.412. The Bertz CT molecular complexity index is 589. The number of nitrogens with zero attached hydrogens (tertiary/aromatic N) is 2. The molecule has 0 unspecified atom stereocenters. The predicted molar refractivity (Wildman–Crippen MR) is 89.0 cm³/mol. The number of hydrogen-bond donors (Lipinski definition) is 0. The van der Waals surface area contributed by atoms with Gasteiger partial charge in [0, 0.05) is 37.2 Å². The molecule has 1 aliphatic heterocycles. The van der Waals surface area contributed by atoms with E-state index >= 15 is 0 Å². The van der Waals surface area contributed by atoms with Crippen LogP contribution in [0.5, 0.6) is 0 Å². The second kappa shape index (κ2) is 6.25. The van der Waals surface area contributed by atoms with Gasteiger partial charge in [0.05, 0.1) is 0 Å².